The van der Waals surface area contributed by atoms with Gasteiger partial charge < -0.3 is 9.84 Å². The zero-order valence-corrected chi connectivity index (χ0v) is 18.9. The molecule has 166 valence electrons. The van der Waals surface area contributed by atoms with Crippen molar-refractivity contribution in [2.75, 3.05) is 0 Å². The van der Waals surface area contributed by atoms with Crippen molar-refractivity contribution >= 4 is 22.9 Å². The zero-order valence-electron chi connectivity index (χ0n) is 18.1. The van der Waals surface area contributed by atoms with Crippen molar-refractivity contribution in [2.24, 2.45) is 5.92 Å². The van der Waals surface area contributed by atoms with Gasteiger partial charge in [0.2, 0.25) is 0 Å². The van der Waals surface area contributed by atoms with Gasteiger partial charge in [0, 0.05) is 11.1 Å². The van der Waals surface area contributed by atoms with Gasteiger partial charge in [0.1, 0.15) is 23.2 Å². The van der Waals surface area contributed by atoms with Gasteiger partial charge in [-0.25, -0.2) is 9.37 Å². The average Bonchev–Trinajstić information content (AvgIpc) is 3.22. The van der Waals surface area contributed by atoms with Crippen LogP contribution in [0, 0.1) is 11.7 Å². The monoisotopic (exact) mass is 451 g/mol. The van der Waals surface area contributed by atoms with E-state index in [1.54, 1.807) is 24.3 Å². The number of carboxylic acid groups (broad SMARTS) is 1. The maximum Gasteiger partial charge on any atom is 0.306 e. The van der Waals surface area contributed by atoms with E-state index in [1.807, 2.05) is 24.3 Å². The Morgan fingerprint density at radius 1 is 1.25 bits per heavy atom. The maximum atomic E-state index is 14.0. The van der Waals surface area contributed by atoms with Crippen LogP contribution in [0.1, 0.15) is 47.9 Å². The van der Waals surface area contributed by atoms with E-state index in [0.717, 1.165) is 57.1 Å². The summed E-state index contributed by atoms with van der Waals surface area (Å²) in [6.45, 7) is 6.11. The molecule has 1 heterocycles. The first-order chi connectivity index (χ1) is 15.4. The molecule has 1 aliphatic rings. The largest absolute Gasteiger partial charge is 0.489 e. The second-order valence-corrected chi connectivity index (χ2v) is 9.26. The highest BCUT2D eigenvalue weighted by Gasteiger charge is 2.20. The lowest BCUT2D eigenvalue weighted by Crippen LogP contribution is -2.10. The third-order valence-corrected chi connectivity index (χ3v) is 7.05. The number of ether oxygens (including phenoxy) is 1. The van der Waals surface area contributed by atoms with E-state index in [2.05, 4.69) is 6.58 Å². The average molecular weight is 452 g/mol. The minimum Gasteiger partial charge on any atom is -0.489 e. The minimum absolute atomic E-state index is 0.230. The molecule has 0 radical (unpaired) electrons. The van der Waals surface area contributed by atoms with Gasteiger partial charge in [-0.05, 0) is 73.6 Å². The molecule has 2 aromatic carbocycles. The second-order valence-electron chi connectivity index (χ2n) is 8.26. The summed E-state index contributed by atoms with van der Waals surface area (Å²) in [5, 5.41) is 9.89. The van der Waals surface area contributed by atoms with Crippen molar-refractivity contribution in [3.63, 3.8) is 0 Å². The molecule has 1 aliphatic carbocycles. The first-order valence-corrected chi connectivity index (χ1v) is 11.6. The van der Waals surface area contributed by atoms with Crippen molar-refractivity contribution in [1.82, 2.24) is 4.98 Å². The van der Waals surface area contributed by atoms with Crippen LogP contribution >= 0.6 is 11.3 Å². The normalized spacial score (nSPS) is 14.1. The van der Waals surface area contributed by atoms with Gasteiger partial charge in [-0.2, -0.15) is 0 Å². The summed E-state index contributed by atoms with van der Waals surface area (Å²) in [6.07, 6.45) is 4.31. The number of allylic oxidation sites excluding steroid dienone is 1. The number of hydrogen-bond donors (Lipinski definition) is 1. The Labute approximate surface area is 191 Å². The number of halogens is 1. The van der Waals surface area contributed by atoms with Gasteiger partial charge >= 0.3 is 5.97 Å². The van der Waals surface area contributed by atoms with E-state index in [9.17, 15) is 9.18 Å². The van der Waals surface area contributed by atoms with E-state index in [4.69, 9.17) is 14.8 Å². The lowest BCUT2D eigenvalue weighted by Gasteiger charge is -2.11. The van der Waals surface area contributed by atoms with E-state index in [0.29, 0.717) is 18.6 Å². The Bertz CT molecular complexity index is 1140. The number of rotatable bonds is 8. The fraction of sp³-hybridized carbons (Fsp3) is 0.308. The Balaban J connectivity index is 1.47. The number of thiazole rings is 1. The smallest absolute Gasteiger partial charge is 0.306 e. The molecule has 0 bridgehead atoms. The van der Waals surface area contributed by atoms with Gasteiger partial charge in [-0.15, -0.1) is 11.3 Å². The first-order valence-electron chi connectivity index (χ1n) is 10.8. The number of nitrogens with zero attached hydrogens (tertiary/aromatic N) is 1. The van der Waals surface area contributed by atoms with Gasteiger partial charge in [0.05, 0.1) is 16.5 Å². The third-order valence-electron chi connectivity index (χ3n) is 5.81. The summed E-state index contributed by atoms with van der Waals surface area (Å²) in [6, 6.07) is 12.4. The van der Waals surface area contributed by atoms with Crippen molar-refractivity contribution in [3.8, 4) is 16.3 Å². The summed E-state index contributed by atoms with van der Waals surface area (Å²) in [7, 11) is 0. The van der Waals surface area contributed by atoms with E-state index < -0.39 is 5.97 Å². The first kappa shape index (κ1) is 22.2. The van der Waals surface area contributed by atoms with Crippen LogP contribution in [0.25, 0.3) is 16.1 Å². The second kappa shape index (κ2) is 9.65. The predicted octanol–water partition coefficient (Wildman–Crippen LogP) is 6.53. The molecule has 4 nitrogen and oxygen atoms in total. The van der Waals surface area contributed by atoms with E-state index in [-0.39, 0.29) is 18.3 Å². The van der Waals surface area contributed by atoms with Crippen LogP contribution in [-0.4, -0.2) is 16.1 Å². The number of carboxylic acids is 1. The highest BCUT2D eigenvalue weighted by atomic mass is 32.1. The number of aromatic nitrogens is 1. The number of fused-ring (bicyclic) bond motifs is 1. The molecule has 1 unspecified atom stereocenters. The minimum atomic E-state index is -0.777. The Hall–Kier alpha value is -2.99. The molecule has 1 aromatic heterocycles. The number of benzene rings is 2. The van der Waals surface area contributed by atoms with Gasteiger partial charge in [0.15, 0.2) is 0 Å². The van der Waals surface area contributed by atoms with Gasteiger partial charge in [0.25, 0.3) is 0 Å². The molecule has 0 amide bonds. The molecule has 0 fully saturated rings. The Kier molecular flexibility index (Phi) is 6.70. The Morgan fingerprint density at radius 3 is 2.75 bits per heavy atom. The molecule has 0 aliphatic heterocycles. The van der Waals surface area contributed by atoms with Crippen LogP contribution in [0.3, 0.4) is 0 Å². The van der Waals surface area contributed by atoms with Crippen LogP contribution in [0.4, 0.5) is 4.39 Å². The molecule has 1 N–H and O–H groups in total. The van der Waals surface area contributed by atoms with Crippen molar-refractivity contribution < 1.29 is 19.0 Å². The molecule has 0 spiro atoms. The van der Waals surface area contributed by atoms with Gasteiger partial charge in [-0.1, -0.05) is 25.6 Å². The lowest BCUT2D eigenvalue weighted by molar-refractivity contribution is -0.141. The quantitative estimate of drug-likeness (QED) is 0.423. The Morgan fingerprint density at radius 2 is 2.03 bits per heavy atom. The molecule has 3 aromatic rings. The van der Waals surface area contributed by atoms with Crippen LogP contribution in [-0.2, 0) is 24.2 Å². The zero-order chi connectivity index (χ0) is 22.7. The van der Waals surface area contributed by atoms with E-state index in [1.165, 1.54) is 12.1 Å². The summed E-state index contributed by atoms with van der Waals surface area (Å²) in [4.78, 5) is 16.9. The third kappa shape index (κ3) is 5.07. The standard InChI is InChI=1S/C26H26FNO3S/c1-16-4-3-5-23-24(16)32-25(28-23)22-13-10-20(27)14-19(22)15-31-21-11-8-18(9-12-21)7-6-17(2)26(29)30/h8-14,17H,1,3-7,15H2,2H3,(H,29,30). The number of aliphatic carboxylic acids is 1. The number of carbonyl (C=O) groups is 1. The van der Waals surface area contributed by atoms with Crippen LogP contribution in [0.5, 0.6) is 5.75 Å². The summed E-state index contributed by atoms with van der Waals surface area (Å²) < 4.78 is 20.0. The van der Waals surface area contributed by atoms with Crippen LogP contribution < -0.4 is 4.74 Å². The van der Waals surface area contributed by atoms with Crippen LogP contribution in [0.2, 0.25) is 0 Å². The molecule has 0 saturated heterocycles. The molecule has 1 atom stereocenters. The SMILES string of the molecule is C=C1CCCc2nc(-c3ccc(F)cc3COc3ccc(CCC(C)C(=O)O)cc3)sc21. The summed E-state index contributed by atoms with van der Waals surface area (Å²) in [5.41, 5.74) is 4.92. The molecular formula is C26H26FNO3S. The fourth-order valence-corrected chi connectivity index (χ4v) is 4.98. The van der Waals surface area contributed by atoms with Crippen LogP contribution in [0.15, 0.2) is 49.0 Å². The molecule has 32 heavy (non-hydrogen) atoms. The predicted molar refractivity (Wildman–Crippen MR) is 125 cm³/mol. The maximum absolute atomic E-state index is 14.0. The topological polar surface area (TPSA) is 59.4 Å². The number of aryl methyl sites for hydroxylation is 2. The summed E-state index contributed by atoms with van der Waals surface area (Å²) >= 11 is 1.62. The van der Waals surface area contributed by atoms with Crippen molar-refractivity contribution in [2.45, 2.75) is 45.6 Å². The van der Waals surface area contributed by atoms with E-state index >= 15 is 0 Å². The number of hydrogen-bond acceptors (Lipinski definition) is 4. The molecule has 4 rings (SSSR count). The molecule has 0 saturated carbocycles. The van der Waals surface area contributed by atoms with Crippen molar-refractivity contribution in [1.29, 1.82) is 0 Å². The van der Waals surface area contributed by atoms with Crippen molar-refractivity contribution in [3.05, 3.63) is 76.6 Å². The molecule has 6 heteroatoms. The fourth-order valence-electron chi connectivity index (χ4n) is 3.81. The lowest BCUT2D eigenvalue weighted by atomic mass is 9.99. The molecular weight excluding hydrogens is 425 g/mol. The highest BCUT2D eigenvalue weighted by molar-refractivity contribution is 7.16. The summed E-state index contributed by atoms with van der Waals surface area (Å²) in [5.74, 6) is -0.768. The van der Waals surface area contributed by atoms with Gasteiger partial charge in [-0.3, -0.25) is 4.79 Å². The highest BCUT2D eigenvalue weighted by Crippen LogP contribution is 2.39.